The van der Waals surface area contributed by atoms with Crippen LogP contribution in [0.4, 0.5) is 5.82 Å². The van der Waals surface area contributed by atoms with Crippen LogP contribution in [-0.4, -0.2) is 29.0 Å². The number of methoxy groups -OCH3 is 1. The lowest BCUT2D eigenvalue weighted by Crippen LogP contribution is -2.37. The van der Waals surface area contributed by atoms with Crippen LogP contribution in [0.5, 0.6) is 0 Å². The maximum absolute atomic E-state index is 5.53. The van der Waals surface area contributed by atoms with E-state index >= 15 is 0 Å². The van der Waals surface area contributed by atoms with Gasteiger partial charge in [0.2, 0.25) is 0 Å². The molecule has 2 rings (SSSR count). The number of hydrogen-bond donors (Lipinski definition) is 1. The zero-order valence-corrected chi connectivity index (χ0v) is 11.0. The van der Waals surface area contributed by atoms with Crippen molar-refractivity contribution in [3.8, 4) is 0 Å². The Morgan fingerprint density at radius 1 is 1.41 bits per heavy atom. The minimum Gasteiger partial charge on any atom is -0.379 e. The highest BCUT2D eigenvalue weighted by molar-refractivity contribution is 5.34. The first-order chi connectivity index (χ1) is 8.20. The zero-order valence-electron chi connectivity index (χ0n) is 11.0. The van der Waals surface area contributed by atoms with Gasteiger partial charge in [0.15, 0.2) is 0 Å². The van der Waals surface area contributed by atoms with Gasteiger partial charge in [0.05, 0.1) is 12.1 Å². The Hall–Kier alpha value is -1.03. The van der Waals surface area contributed by atoms with Gasteiger partial charge in [-0.15, -0.1) is 0 Å². The molecule has 1 aromatic heterocycles. The topological polar surface area (TPSA) is 39.1 Å². The summed E-state index contributed by atoms with van der Waals surface area (Å²) >= 11 is 0. The Balaban J connectivity index is 1.98. The molecule has 4 nitrogen and oxygen atoms in total. The summed E-state index contributed by atoms with van der Waals surface area (Å²) in [5.74, 6) is 0.965. The molecule has 1 aromatic rings. The molecule has 96 valence electrons. The van der Waals surface area contributed by atoms with Crippen LogP contribution in [0, 0.1) is 0 Å². The first kappa shape index (κ1) is 12.4. The lowest BCUT2D eigenvalue weighted by Gasteiger charge is -2.31. The van der Waals surface area contributed by atoms with E-state index in [0.29, 0.717) is 18.2 Å². The molecule has 0 radical (unpaired) electrons. The summed E-state index contributed by atoms with van der Waals surface area (Å²) < 4.78 is 7.51. The van der Waals surface area contributed by atoms with Crippen molar-refractivity contribution in [1.82, 2.24) is 9.78 Å². The van der Waals surface area contributed by atoms with Crippen LogP contribution < -0.4 is 5.32 Å². The van der Waals surface area contributed by atoms with E-state index in [2.05, 4.69) is 24.3 Å². The number of ether oxygens (including phenoxy) is 1. The Kier molecular flexibility index (Phi) is 4.05. The molecule has 2 unspecified atom stereocenters. The maximum atomic E-state index is 5.53. The van der Waals surface area contributed by atoms with E-state index in [0.717, 1.165) is 12.2 Å². The second kappa shape index (κ2) is 5.54. The predicted octanol–water partition coefficient (Wildman–Crippen LogP) is 2.83. The van der Waals surface area contributed by atoms with Gasteiger partial charge in [-0.2, -0.15) is 5.10 Å². The summed E-state index contributed by atoms with van der Waals surface area (Å²) in [6.07, 6.45) is 7.23. The zero-order chi connectivity index (χ0) is 12.3. The highest BCUT2D eigenvalue weighted by atomic mass is 16.5. The molecule has 0 aliphatic heterocycles. The number of nitrogens with one attached hydrogen (secondary N) is 1. The summed E-state index contributed by atoms with van der Waals surface area (Å²) in [5.41, 5.74) is 0. The molecule has 1 saturated carbocycles. The number of hydrogen-bond acceptors (Lipinski definition) is 3. The molecular formula is C13H23N3O. The standard InChI is InChI=1S/C13H23N3O/c1-10(2)16-9-8-13(15-16)14-11-6-4-5-7-12(11)17-3/h8-12H,4-7H2,1-3H3,(H,14,15). The Morgan fingerprint density at radius 2 is 2.18 bits per heavy atom. The summed E-state index contributed by atoms with van der Waals surface area (Å²) in [6.45, 7) is 4.27. The fraction of sp³-hybridized carbons (Fsp3) is 0.769. The van der Waals surface area contributed by atoms with Crippen molar-refractivity contribution in [3.63, 3.8) is 0 Å². The molecule has 0 saturated heterocycles. The molecule has 0 spiro atoms. The van der Waals surface area contributed by atoms with E-state index in [1.807, 2.05) is 16.9 Å². The summed E-state index contributed by atoms with van der Waals surface area (Å²) in [7, 11) is 1.80. The molecule has 1 fully saturated rings. The van der Waals surface area contributed by atoms with Gasteiger partial charge in [-0.1, -0.05) is 12.8 Å². The van der Waals surface area contributed by atoms with Crippen molar-refractivity contribution in [2.75, 3.05) is 12.4 Å². The molecule has 1 aliphatic carbocycles. The average Bonchev–Trinajstić information content (AvgIpc) is 2.78. The summed E-state index contributed by atoms with van der Waals surface area (Å²) in [6, 6.07) is 2.86. The van der Waals surface area contributed by atoms with Gasteiger partial charge in [-0.05, 0) is 26.7 Å². The molecule has 17 heavy (non-hydrogen) atoms. The van der Waals surface area contributed by atoms with E-state index in [4.69, 9.17) is 4.74 Å². The molecule has 0 aromatic carbocycles. The van der Waals surface area contributed by atoms with E-state index in [1.165, 1.54) is 19.3 Å². The van der Waals surface area contributed by atoms with Gasteiger partial charge in [-0.3, -0.25) is 4.68 Å². The lowest BCUT2D eigenvalue weighted by atomic mass is 9.92. The normalized spacial score (nSPS) is 25.2. The molecule has 1 heterocycles. The van der Waals surface area contributed by atoms with Crippen molar-refractivity contribution in [2.45, 2.75) is 57.7 Å². The van der Waals surface area contributed by atoms with Gasteiger partial charge < -0.3 is 10.1 Å². The fourth-order valence-electron chi connectivity index (χ4n) is 2.44. The minimum atomic E-state index is 0.327. The summed E-state index contributed by atoms with van der Waals surface area (Å²) in [5, 5.41) is 8.02. The smallest absolute Gasteiger partial charge is 0.148 e. The Bertz CT molecular complexity index is 348. The molecule has 4 heteroatoms. The Labute approximate surface area is 103 Å². The molecule has 1 N–H and O–H groups in total. The highest BCUT2D eigenvalue weighted by Crippen LogP contribution is 2.23. The van der Waals surface area contributed by atoms with Gasteiger partial charge in [-0.25, -0.2) is 0 Å². The molecule has 0 bridgehead atoms. The predicted molar refractivity (Wildman–Crippen MR) is 69.3 cm³/mol. The molecule has 2 atom stereocenters. The van der Waals surface area contributed by atoms with Gasteiger partial charge in [0.1, 0.15) is 5.82 Å². The largest absolute Gasteiger partial charge is 0.379 e. The highest BCUT2D eigenvalue weighted by Gasteiger charge is 2.25. The third kappa shape index (κ3) is 3.00. The SMILES string of the molecule is COC1CCCCC1Nc1ccn(C(C)C)n1. The first-order valence-electron chi connectivity index (χ1n) is 6.55. The molecule has 0 amide bonds. The van der Waals surface area contributed by atoms with E-state index in [9.17, 15) is 0 Å². The number of anilines is 1. The van der Waals surface area contributed by atoms with Crippen LogP contribution in [0.1, 0.15) is 45.6 Å². The number of aromatic nitrogens is 2. The lowest BCUT2D eigenvalue weighted by molar-refractivity contribution is 0.0605. The monoisotopic (exact) mass is 237 g/mol. The van der Waals surface area contributed by atoms with Crippen LogP contribution >= 0.6 is 0 Å². The van der Waals surface area contributed by atoms with Crippen LogP contribution in [0.15, 0.2) is 12.3 Å². The van der Waals surface area contributed by atoms with Crippen molar-refractivity contribution in [2.24, 2.45) is 0 Å². The van der Waals surface area contributed by atoms with E-state index < -0.39 is 0 Å². The summed E-state index contributed by atoms with van der Waals surface area (Å²) in [4.78, 5) is 0. The average molecular weight is 237 g/mol. The van der Waals surface area contributed by atoms with Crippen LogP contribution in [0.25, 0.3) is 0 Å². The number of nitrogens with zero attached hydrogens (tertiary/aromatic N) is 2. The third-order valence-electron chi connectivity index (χ3n) is 3.48. The van der Waals surface area contributed by atoms with E-state index in [1.54, 1.807) is 7.11 Å². The van der Waals surface area contributed by atoms with Gasteiger partial charge in [0, 0.05) is 25.4 Å². The van der Waals surface area contributed by atoms with Crippen LogP contribution in [-0.2, 0) is 4.74 Å². The van der Waals surface area contributed by atoms with Crippen molar-refractivity contribution >= 4 is 5.82 Å². The third-order valence-corrected chi connectivity index (χ3v) is 3.48. The van der Waals surface area contributed by atoms with Crippen molar-refractivity contribution < 1.29 is 4.74 Å². The van der Waals surface area contributed by atoms with Crippen molar-refractivity contribution in [1.29, 1.82) is 0 Å². The fourth-order valence-corrected chi connectivity index (χ4v) is 2.44. The second-order valence-corrected chi connectivity index (χ2v) is 5.08. The van der Waals surface area contributed by atoms with Crippen LogP contribution in [0.2, 0.25) is 0 Å². The Morgan fingerprint density at radius 3 is 2.82 bits per heavy atom. The van der Waals surface area contributed by atoms with Gasteiger partial charge in [0.25, 0.3) is 0 Å². The van der Waals surface area contributed by atoms with Crippen molar-refractivity contribution in [3.05, 3.63) is 12.3 Å². The van der Waals surface area contributed by atoms with Gasteiger partial charge >= 0.3 is 0 Å². The number of rotatable bonds is 4. The quantitative estimate of drug-likeness (QED) is 0.875. The molecule has 1 aliphatic rings. The molecular weight excluding hydrogens is 214 g/mol. The van der Waals surface area contributed by atoms with E-state index in [-0.39, 0.29) is 0 Å². The maximum Gasteiger partial charge on any atom is 0.148 e. The minimum absolute atomic E-state index is 0.327. The second-order valence-electron chi connectivity index (χ2n) is 5.08. The van der Waals surface area contributed by atoms with Crippen LogP contribution in [0.3, 0.4) is 0 Å². The first-order valence-corrected chi connectivity index (χ1v) is 6.55.